The third-order valence-corrected chi connectivity index (χ3v) is 9.41. The SMILES string of the molecule is O=S(=O)(O)c1ccc(-c2ccc3c(c2)-c2cc(-c4ccc(S(=O)(=O)O)cc4)ccc2S3(=O)=O)cc1. The largest absolute Gasteiger partial charge is 0.294 e. The maximum Gasteiger partial charge on any atom is 0.294 e. The quantitative estimate of drug-likeness (QED) is 0.328. The minimum atomic E-state index is -4.34. The van der Waals surface area contributed by atoms with Crippen molar-refractivity contribution in [2.45, 2.75) is 19.6 Å². The Labute approximate surface area is 201 Å². The molecule has 4 aromatic carbocycles. The lowest BCUT2D eigenvalue weighted by atomic mass is 9.96. The molecule has 8 nitrogen and oxygen atoms in total. The number of sulfone groups is 1. The highest BCUT2D eigenvalue weighted by Gasteiger charge is 2.33. The lowest BCUT2D eigenvalue weighted by molar-refractivity contribution is 0.481. The molecule has 35 heavy (non-hydrogen) atoms. The fourth-order valence-corrected chi connectivity index (χ4v) is 6.67. The van der Waals surface area contributed by atoms with Crippen molar-refractivity contribution < 1.29 is 34.4 Å². The number of fused-ring (bicyclic) bond motifs is 3. The van der Waals surface area contributed by atoms with Gasteiger partial charge in [-0.1, -0.05) is 36.4 Å². The third kappa shape index (κ3) is 4.07. The van der Waals surface area contributed by atoms with Crippen LogP contribution in [0.4, 0.5) is 0 Å². The zero-order valence-corrected chi connectivity index (χ0v) is 20.1. The molecule has 1 aliphatic rings. The molecule has 0 unspecified atom stereocenters. The molecule has 0 spiro atoms. The minimum Gasteiger partial charge on any atom is -0.282 e. The van der Waals surface area contributed by atoms with Gasteiger partial charge in [0.1, 0.15) is 0 Å². The molecular weight excluding hydrogens is 512 g/mol. The van der Waals surface area contributed by atoms with E-state index >= 15 is 0 Å². The van der Waals surface area contributed by atoms with Gasteiger partial charge in [-0.05, 0) is 70.8 Å². The second kappa shape index (κ2) is 7.83. The fraction of sp³-hybridized carbons (Fsp3) is 0. The van der Waals surface area contributed by atoms with Gasteiger partial charge in [-0.3, -0.25) is 9.11 Å². The second-order valence-corrected chi connectivity index (χ2v) is 12.7. The van der Waals surface area contributed by atoms with E-state index in [2.05, 4.69) is 0 Å². The van der Waals surface area contributed by atoms with Gasteiger partial charge in [0.25, 0.3) is 20.2 Å². The zero-order chi connectivity index (χ0) is 25.2. The van der Waals surface area contributed by atoms with Crippen LogP contribution in [0, 0.1) is 0 Å². The molecular formula is C24H16O8S3. The molecule has 1 aliphatic heterocycles. The number of hydrogen-bond acceptors (Lipinski definition) is 6. The van der Waals surface area contributed by atoms with E-state index < -0.39 is 30.1 Å². The van der Waals surface area contributed by atoms with E-state index in [0.717, 1.165) is 0 Å². The Morgan fingerprint density at radius 2 is 0.800 bits per heavy atom. The molecule has 0 amide bonds. The summed E-state index contributed by atoms with van der Waals surface area (Å²) < 4.78 is 89.8. The van der Waals surface area contributed by atoms with Gasteiger partial charge in [0, 0.05) is 11.1 Å². The molecule has 0 radical (unpaired) electrons. The molecule has 178 valence electrons. The number of rotatable bonds is 4. The van der Waals surface area contributed by atoms with Gasteiger partial charge >= 0.3 is 0 Å². The maximum absolute atomic E-state index is 13.1. The van der Waals surface area contributed by atoms with Crippen LogP contribution in [0.25, 0.3) is 33.4 Å². The molecule has 2 N–H and O–H groups in total. The molecule has 5 rings (SSSR count). The lowest BCUT2D eigenvalue weighted by Gasteiger charge is -2.08. The van der Waals surface area contributed by atoms with Crippen LogP contribution in [0.1, 0.15) is 0 Å². The molecule has 0 saturated heterocycles. The minimum absolute atomic E-state index is 0.143. The van der Waals surface area contributed by atoms with Crippen molar-refractivity contribution in [2.24, 2.45) is 0 Å². The average Bonchev–Trinajstić information content (AvgIpc) is 3.04. The van der Waals surface area contributed by atoms with E-state index in [1.165, 1.54) is 60.7 Å². The Kier molecular flexibility index (Phi) is 5.24. The van der Waals surface area contributed by atoms with Gasteiger partial charge in [-0.25, -0.2) is 8.42 Å². The van der Waals surface area contributed by atoms with Gasteiger partial charge in [0.05, 0.1) is 19.6 Å². The monoisotopic (exact) mass is 528 g/mol. The highest BCUT2D eigenvalue weighted by Crippen LogP contribution is 2.46. The Balaban J connectivity index is 1.61. The maximum atomic E-state index is 13.1. The Morgan fingerprint density at radius 3 is 1.11 bits per heavy atom. The Hall–Kier alpha value is -3.35. The van der Waals surface area contributed by atoms with Crippen molar-refractivity contribution >= 4 is 30.1 Å². The van der Waals surface area contributed by atoms with Crippen molar-refractivity contribution in [1.29, 1.82) is 0 Å². The first-order valence-electron chi connectivity index (χ1n) is 10.1. The molecule has 0 fully saturated rings. The van der Waals surface area contributed by atoms with Crippen molar-refractivity contribution in [3.8, 4) is 33.4 Å². The van der Waals surface area contributed by atoms with E-state index in [9.17, 15) is 34.4 Å². The van der Waals surface area contributed by atoms with Gasteiger partial charge in [-0.15, -0.1) is 0 Å². The average molecular weight is 529 g/mol. The van der Waals surface area contributed by atoms with Crippen LogP contribution >= 0.6 is 0 Å². The molecule has 0 atom stereocenters. The van der Waals surface area contributed by atoms with E-state index in [1.54, 1.807) is 24.3 Å². The number of hydrogen-bond donors (Lipinski definition) is 2. The van der Waals surface area contributed by atoms with Crippen molar-refractivity contribution in [2.75, 3.05) is 0 Å². The van der Waals surface area contributed by atoms with Crippen LogP contribution in [0.15, 0.2) is 105 Å². The Bertz CT molecular complexity index is 1690. The smallest absolute Gasteiger partial charge is 0.282 e. The fourth-order valence-electron chi connectivity index (χ4n) is 4.07. The first-order valence-corrected chi connectivity index (χ1v) is 14.4. The molecule has 0 saturated carbocycles. The van der Waals surface area contributed by atoms with Gasteiger partial charge in [0.15, 0.2) is 0 Å². The van der Waals surface area contributed by atoms with Crippen LogP contribution in [0.2, 0.25) is 0 Å². The van der Waals surface area contributed by atoms with Crippen LogP contribution in [0.5, 0.6) is 0 Å². The predicted octanol–water partition coefficient (Wildman–Crippen LogP) is 4.33. The Morgan fingerprint density at radius 1 is 0.486 bits per heavy atom. The van der Waals surface area contributed by atoms with E-state index in [0.29, 0.717) is 33.4 Å². The summed E-state index contributed by atoms with van der Waals surface area (Å²) in [6, 6.07) is 20.8. The van der Waals surface area contributed by atoms with Crippen LogP contribution in [-0.4, -0.2) is 34.4 Å². The van der Waals surface area contributed by atoms with Crippen LogP contribution < -0.4 is 0 Å². The van der Waals surface area contributed by atoms with E-state index in [-0.39, 0.29) is 19.6 Å². The first-order chi connectivity index (χ1) is 16.4. The highest BCUT2D eigenvalue weighted by atomic mass is 32.2. The summed E-state index contributed by atoms with van der Waals surface area (Å²) in [7, 11) is -12.4. The van der Waals surface area contributed by atoms with Crippen LogP contribution in [0.3, 0.4) is 0 Å². The van der Waals surface area contributed by atoms with Gasteiger partial charge < -0.3 is 0 Å². The molecule has 11 heteroatoms. The molecule has 4 aromatic rings. The van der Waals surface area contributed by atoms with Crippen molar-refractivity contribution in [3.63, 3.8) is 0 Å². The summed E-state index contributed by atoms with van der Waals surface area (Å²) in [6.07, 6.45) is 0. The molecule has 0 bridgehead atoms. The summed E-state index contributed by atoms with van der Waals surface area (Å²) in [5.41, 5.74) is 3.51. The molecule has 0 aromatic heterocycles. The van der Waals surface area contributed by atoms with Crippen LogP contribution in [-0.2, 0) is 30.1 Å². The summed E-state index contributed by atoms with van der Waals surface area (Å²) in [5.74, 6) is 0. The highest BCUT2D eigenvalue weighted by molar-refractivity contribution is 7.92. The first kappa shape index (κ1) is 23.4. The van der Waals surface area contributed by atoms with Gasteiger partial charge in [0.2, 0.25) is 9.84 Å². The van der Waals surface area contributed by atoms with E-state index in [4.69, 9.17) is 0 Å². The van der Waals surface area contributed by atoms with E-state index in [1.807, 2.05) is 0 Å². The van der Waals surface area contributed by atoms with Crippen molar-refractivity contribution in [3.05, 3.63) is 84.9 Å². The van der Waals surface area contributed by atoms with Crippen molar-refractivity contribution in [1.82, 2.24) is 0 Å². The second-order valence-electron chi connectivity index (χ2n) is 7.92. The molecule has 0 aliphatic carbocycles. The topological polar surface area (TPSA) is 143 Å². The predicted molar refractivity (Wildman–Crippen MR) is 128 cm³/mol. The summed E-state index contributed by atoms with van der Waals surface area (Å²) in [6.45, 7) is 0. The normalized spacial score (nSPS) is 14.3. The standard InChI is InChI=1S/C24H16O8S3/c25-33(26)23-11-5-17(15-1-7-19(8-2-15)34(27,28)29)13-21(23)22-14-18(6-12-24(22)33)16-3-9-20(10-4-16)35(30,31)32/h1-14H,(H,27,28,29)(H,30,31,32). The summed E-state index contributed by atoms with van der Waals surface area (Å²) >= 11 is 0. The summed E-state index contributed by atoms with van der Waals surface area (Å²) in [5, 5.41) is 0. The summed E-state index contributed by atoms with van der Waals surface area (Å²) in [4.78, 5) is -0.214. The van der Waals surface area contributed by atoms with Gasteiger partial charge in [-0.2, -0.15) is 16.8 Å². The molecule has 1 heterocycles. The number of benzene rings is 4. The lowest BCUT2D eigenvalue weighted by Crippen LogP contribution is -1.97. The third-order valence-electron chi connectivity index (χ3n) is 5.80. The zero-order valence-electron chi connectivity index (χ0n) is 17.7.